The molecular weight excluding hydrogens is 260 g/mol. The van der Waals surface area contributed by atoms with Crippen LogP contribution in [-0.4, -0.2) is 67.4 Å². The second kappa shape index (κ2) is 8.31. The van der Waals surface area contributed by atoms with Crippen molar-refractivity contribution in [2.75, 3.05) is 39.3 Å². The summed E-state index contributed by atoms with van der Waals surface area (Å²) in [6.07, 6.45) is 3.23. The van der Waals surface area contributed by atoms with Crippen LogP contribution in [0.1, 0.15) is 19.8 Å². The molecule has 0 aromatic heterocycles. The minimum Gasteiger partial charge on any atom is -0.396 e. The van der Waals surface area contributed by atoms with Crippen LogP contribution in [0.3, 0.4) is 0 Å². The number of aliphatic hydroxyl groups is 1. The standard InChI is InChI=1S/C10H24N2O3S2/c1-5-10(9-16-4)12(3)17(14,15)11(2)7-6-8-13/h10,13H,5-9H2,1-4H3. The molecule has 0 amide bonds. The molecule has 7 heteroatoms. The normalized spacial score (nSPS) is 14.5. The quantitative estimate of drug-likeness (QED) is 0.674. The van der Waals surface area contributed by atoms with Crippen molar-refractivity contribution in [1.82, 2.24) is 8.61 Å². The molecule has 0 saturated carbocycles. The second-order valence-corrected chi connectivity index (χ2v) is 6.95. The number of rotatable bonds is 9. The third-order valence-corrected chi connectivity index (χ3v) is 5.45. The van der Waals surface area contributed by atoms with E-state index in [-0.39, 0.29) is 12.6 Å². The predicted molar refractivity (Wildman–Crippen MR) is 73.5 cm³/mol. The fraction of sp³-hybridized carbons (Fsp3) is 1.00. The summed E-state index contributed by atoms with van der Waals surface area (Å²) in [5.74, 6) is 0.792. The first-order chi connectivity index (χ1) is 7.91. The van der Waals surface area contributed by atoms with Gasteiger partial charge in [0.15, 0.2) is 0 Å². The molecule has 104 valence electrons. The summed E-state index contributed by atoms with van der Waals surface area (Å²) < 4.78 is 27.1. The van der Waals surface area contributed by atoms with E-state index >= 15 is 0 Å². The van der Waals surface area contributed by atoms with Crippen molar-refractivity contribution in [1.29, 1.82) is 0 Å². The van der Waals surface area contributed by atoms with Gasteiger partial charge in [0.05, 0.1) is 0 Å². The summed E-state index contributed by atoms with van der Waals surface area (Å²) in [6, 6.07) is 0.0200. The maximum Gasteiger partial charge on any atom is 0.281 e. The Morgan fingerprint density at radius 1 is 1.35 bits per heavy atom. The van der Waals surface area contributed by atoms with Gasteiger partial charge in [-0.2, -0.15) is 28.8 Å². The summed E-state index contributed by atoms with van der Waals surface area (Å²) in [4.78, 5) is 0. The molecule has 17 heavy (non-hydrogen) atoms. The van der Waals surface area contributed by atoms with Crippen molar-refractivity contribution in [2.45, 2.75) is 25.8 Å². The largest absolute Gasteiger partial charge is 0.396 e. The molecule has 0 fully saturated rings. The van der Waals surface area contributed by atoms with Crippen LogP contribution in [0.5, 0.6) is 0 Å². The molecule has 1 unspecified atom stereocenters. The Bertz CT molecular complexity index is 296. The Labute approximate surface area is 109 Å². The van der Waals surface area contributed by atoms with Gasteiger partial charge in [-0.1, -0.05) is 6.92 Å². The summed E-state index contributed by atoms with van der Waals surface area (Å²) >= 11 is 1.64. The van der Waals surface area contributed by atoms with Gasteiger partial charge in [-0.25, -0.2) is 0 Å². The van der Waals surface area contributed by atoms with Crippen LogP contribution in [0.25, 0.3) is 0 Å². The average molecular weight is 284 g/mol. The van der Waals surface area contributed by atoms with E-state index < -0.39 is 10.2 Å². The Hall–Kier alpha value is 0.180. The number of hydrogen-bond acceptors (Lipinski definition) is 4. The molecule has 0 aliphatic carbocycles. The highest BCUT2D eigenvalue weighted by Gasteiger charge is 2.28. The van der Waals surface area contributed by atoms with E-state index in [1.54, 1.807) is 25.9 Å². The lowest BCUT2D eigenvalue weighted by molar-refractivity contribution is 0.270. The fourth-order valence-corrected chi connectivity index (χ4v) is 3.83. The fourth-order valence-electron chi connectivity index (χ4n) is 1.49. The Morgan fingerprint density at radius 2 is 1.94 bits per heavy atom. The molecule has 0 radical (unpaired) electrons. The van der Waals surface area contributed by atoms with E-state index in [2.05, 4.69) is 0 Å². The minimum atomic E-state index is -3.40. The SMILES string of the molecule is CCC(CSC)N(C)S(=O)(=O)N(C)CCCO. The van der Waals surface area contributed by atoms with Crippen LogP contribution in [0.2, 0.25) is 0 Å². The first kappa shape index (κ1) is 17.2. The van der Waals surface area contributed by atoms with Gasteiger partial charge in [0.25, 0.3) is 10.2 Å². The lowest BCUT2D eigenvalue weighted by Crippen LogP contribution is -2.46. The first-order valence-corrected chi connectivity index (χ1v) is 8.49. The average Bonchev–Trinajstić information content (AvgIpc) is 2.31. The number of thioether (sulfide) groups is 1. The van der Waals surface area contributed by atoms with Crippen molar-refractivity contribution in [3.05, 3.63) is 0 Å². The van der Waals surface area contributed by atoms with Gasteiger partial charge in [0, 0.05) is 39.0 Å². The van der Waals surface area contributed by atoms with Crippen LogP contribution in [0.15, 0.2) is 0 Å². The lowest BCUT2D eigenvalue weighted by Gasteiger charge is -2.30. The van der Waals surface area contributed by atoms with Gasteiger partial charge in [-0.15, -0.1) is 0 Å². The zero-order chi connectivity index (χ0) is 13.5. The van der Waals surface area contributed by atoms with E-state index in [9.17, 15) is 8.42 Å². The molecule has 5 nitrogen and oxygen atoms in total. The van der Waals surface area contributed by atoms with Crippen molar-refractivity contribution in [3.8, 4) is 0 Å². The van der Waals surface area contributed by atoms with Crippen molar-refractivity contribution < 1.29 is 13.5 Å². The summed E-state index contributed by atoms with van der Waals surface area (Å²) in [6.45, 7) is 2.34. The zero-order valence-electron chi connectivity index (χ0n) is 11.1. The molecule has 0 heterocycles. The van der Waals surface area contributed by atoms with Crippen molar-refractivity contribution in [2.24, 2.45) is 0 Å². The Balaban J connectivity index is 4.66. The number of hydrogen-bond donors (Lipinski definition) is 1. The summed E-state index contributed by atoms with van der Waals surface area (Å²) in [7, 11) is -0.233. The van der Waals surface area contributed by atoms with Crippen LogP contribution < -0.4 is 0 Å². The topological polar surface area (TPSA) is 60.9 Å². The van der Waals surface area contributed by atoms with Crippen LogP contribution in [-0.2, 0) is 10.2 Å². The molecule has 0 spiro atoms. The smallest absolute Gasteiger partial charge is 0.281 e. The third kappa shape index (κ3) is 5.13. The van der Waals surface area contributed by atoms with Gasteiger partial charge in [0.1, 0.15) is 0 Å². The molecule has 0 aliphatic rings. The Kier molecular flexibility index (Phi) is 8.40. The van der Waals surface area contributed by atoms with Crippen molar-refractivity contribution >= 4 is 22.0 Å². The molecule has 0 aromatic carbocycles. The van der Waals surface area contributed by atoms with E-state index in [1.165, 1.54) is 8.61 Å². The van der Waals surface area contributed by atoms with E-state index in [1.807, 2.05) is 13.2 Å². The molecular formula is C10H24N2O3S2. The zero-order valence-corrected chi connectivity index (χ0v) is 12.7. The first-order valence-electron chi connectivity index (χ1n) is 5.70. The highest BCUT2D eigenvalue weighted by Crippen LogP contribution is 2.14. The predicted octanol–water partition coefficient (Wildman–Crippen LogP) is 0.619. The lowest BCUT2D eigenvalue weighted by atomic mass is 10.3. The highest BCUT2D eigenvalue weighted by atomic mass is 32.2. The van der Waals surface area contributed by atoms with Gasteiger partial charge in [0.2, 0.25) is 0 Å². The molecule has 0 aromatic rings. The van der Waals surface area contributed by atoms with Gasteiger partial charge in [-0.05, 0) is 19.1 Å². The van der Waals surface area contributed by atoms with Crippen LogP contribution in [0.4, 0.5) is 0 Å². The second-order valence-electron chi connectivity index (χ2n) is 3.94. The third-order valence-electron chi connectivity index (χ3n) is 2.73. The molecule has 0 saturated heterocycles. The molecule has 1 N–H and O–H groups in total. The highest BCUT2D eigenvalue weighted by molar-refractivity contribution is 7.98. The minimum absolute atomic E-state index is 0.00555. The number of aliphatic hydroxyl groups excluding tert-OH is 1. The molecule has 0 aliphatic heterocycles. The maximum absolute atomic E-state index is 12.2. The van der Waals surface area contributed by atoms with Gasteiger partial charge < -0.3 is 5.11 Å². The monoisotopic (exact) mass is 284 g/mol. The Morgan fingerprint density at radius 3 is 2.35 bits per heavy atom. The van der Waals surface area contributed by atoms with Crippen LogP contribution >= 0.6 is 11.8 Å². The molecule has 0 bridgehead atoms. The van der Waals surface area contributed by atoms with E-state index in [0.29, 0.717) is 13.0 Å². The van der Waals surface area contributed by atoms with Gasteiger partial charge >= 0.3 is 0 Å². The van der Waals surface area contributed by atoms with Gasteiger partial charge in [-0.3, -0.25) is 0 Å². The van der Waals surface area contributed by atoms with Crippen LogP contribution in [0, 0.1) is 0 Å². The molecule has 1 atom stereocenters. The summed E-state index contributed by atoms with van der Waals surface area (Å²) in [5, 5.41) is 8.72. The summed E-state index contributed by atoms with van der Waals surface area (Å²) in [5.41, 5.74) is 0. The molecule has 0 rings (SSSR count). The van der Waals surface area contributed by atoms with E-state index in [4.69, 9.17) is 5.11 Å². The van der Waals surface area contributed by atoms with Crippen molar-refractivity contribution in [3.63, 3.8) is 0 Å². The van der Waals surface area contributed by atoms with E-state index in [0.717, 1.165) is 12.2 Å². The number of nitrogens with zero attached hydrogens (tertiary/aromatic N) is 2. The maximum atomic E-state index is 12.2.